The summed E-state index contributed by atoms with van der Waals surface area (Å²) in [7, 11) is 0. The highest BCUT2D eigenvalue weighted by Gasteiger charge is 1.96. The van der Waals surface area contributed by atoms with Crippen molar-refractivity contribution in [3.63, 3.8) is 0 Å². The minimum atomic E-state index is -0.879. The van der Waals surface area contributed by atoms with E-state index in [9.17, 15) is 4.79 Å². The highest BCUT2D eigenvalue weighted by atomic mass is 16.4. The van der Waals surface area contributed by atoms with Crippen molar-refractivity contribution < 1.29 is 9.90 Å². The van der Waals surface area contributed by atoms with E-state index >= 15 is 0 Å². The minimum Gasteiger partial charge on any atom is -0.478 e. The van der Waals surface area contributed by atoms with Crippen molar-refractivity contribution in [3.05, 3.63) is 72.6 Å². The van der Waals surface area contributed by atoms with Crippen molar-refractivity contribution >= 4 is 17.0 Å². The molecule has 19 heavy (non-hydrogen) atoms. The summed E-state index contributed by atoms with van der Waals surface area (Å²) in [6.07, 6.45) is 3.39. The standard InChI is InChI=1S/C8H6N2.C7H6O2/c1-2-4-8-7(3-1)9-5-6-10-8;8-7(9)6-4-2-1-3-5-6/h1-6H;1-5H,(H,8,9). The van der Waals surface area contributed by atoms with Gasteiger partial charge in [0.2, 0.25) is 0 Å². The number of para-hydroxylation sites is 2. The lowest BCUT2D eigenvalue weighted by Gasteiger charge is -1.90. The van der Waals surface area contributed by atoms with Crippen LogP contribution in [0.4, 0.5) is 0 Å². The molecule has 3 rings (SSSR count). The molecule has 0 fully saturated rings. The molecule has 0 amide bonds. The molecule has 0 saturated carbocycles. The first-order valence-corrected chi connectivity index (χ1v) is 5.71. The fourth-order valence-corrected chi connectivity index (χ4v) is 1.49. The number of hydrogen-bond acceptors (Lipinski definition) is 3. The molecular weight excluding hydrogens is 240 g/mol. The van der Waals surface area contributed by atoms with E-state index in [0.29, 0.717) is 5.56 Å². The Balaban J connectivity index is 0.000000141. The number of nitrogens with zero attached hydrogens (tertiary/aromatic N) is 2. The van der Waals surface area contributed by atoms with Crippen LogP contribution in [0.5, 0.6) is 0 Å². The average molecular weight is 252 g/mol. The maximum absolute atomic E-state index is 10.2. The lowest BCUT2D eigenvalue weighted by Crippen LogP contribution is -1.93. The lowest BCUT2D eigenvalue weighted by atomic mass is 10.2. The molecule has 0 unspecified atom stereocenters. The lowest BCUT2D eigenvalue weighted by molar-refractivity contribution is 0.0697. The Morgan fingerprint density at radius 1 is 0.789 bits per heavy atom. The first kappa shape index (κ1) is 12.7. The van der Waals surface area contributed by atoms with E-state index in [1.54, 1.807) is 42.7 Å². The van der Waals surface area contributed by atoms with Crippen molar-refractivity contribution in [2.24, 2.45) is 0 Å². The fraction of sp³-hybridized carbons (Fsp3) is 0. The number of aromatic nitrogens is 2. The van der Waals surface area contributed by atoms with E-state index in [2.05, 4.69) is 9.97 Å². The zero-order valence-corrected chi connectivity index (χ0v) is 10.1. The van der Waals surface area contributed by atoms with E-state index < -0.39 is 5.97 Å². The maximum atomic E-state index is 10.2. The molecule has 1 heterocycles. The van der Waals surface area contributed by atoms with Gasteiger partial charge in [-0.2, -0.15) is 0 Å². The van der Waals surface area contributed by atoms with Crippen LogP contribution in [0.2, 0.25) is 0 Å². The molecule has 94 valence electrons. The van der Waals surface area contributed by atoms with Gasteiger partial charge in [0.15, 0.2) is 0 Å². The second kappa shape index (κ2) is 6.26. The van der Waals surface area contributed by atoms with Gasteiger partial charge in [-0.3, -0.25) is 9.97 Å². The number of carbonyl (C=O) groups is 1. The molecule has 1 aromatic heterocycles. The highest BCUT2D eigenvalue weighted by Crippen LogP contribution is 2.04. The molecule has 0 aliphatic carbocycles. The van der Waals surface area contributed by atoms with Gasteiger partial charge in [-0.25, -0.2) is 4.79 Å². The first-order chi connectivity index (χ1) is 9.27. The van der Waals surface area contributed by atoms with Crippen LogP contribution in [0.15, 0.2) is 67.0 Å². The van der Waals surface area contributed by atoms with E-state index in [1.165, 1.54) is 0 Å². The quantitative estimate of drug-likeness (QED) is 0.723. The van der Waals surface area contributed by atoms with Crippen LogP contribution in [0.1, 0.15) is 10.4 Å². The molecule has 0 aliphatic rings. The van der Waals surface area contributed by atoms with Gasteiger partial charge in [0, 0.05) is 12.4 Å². The first-order valence-electron chi connectivity index (χ1n) is 5.71. The Morgan fingerprint density at radius 3 is 1.68 bits per heavy atom. The summed E-state index contributed by atoms with van der Waals surface area (Å²) in [6.45, 7) is 0. The third-order valence-corrected chi connectivity index (χ3v) is 2.40. The third kappa shape index (κ3) is 3.61. The number of benzene rings is 2. The van der Waals surface area contributed by atoms with Gasteiger partial charge < -0.3 is 5.11 Å². The van der Waals surface area contributed by atoms with Gasteiger partial charge in [-0.05, 0) is 24.3 Å². The molecule has 4 nitrogen and oxygen atoms in total. The summed E-state index contributed by atoms with van der Waals surface area (Å²) >= 11 is 0. The Morgan fingerprint density at radius 2 is 1.26 bits per heavy atom. The topological polar surface area (TPSA) is 63.1 Å². The van der Waals surface area contributed by atoms with E-state index in [-0.39, 0.29) is 0 Å². The van der Waals surface area contributed by atoms with Gasteiger partial charge in [0.1, 0.15) is 0 Å². The second-order valence-electron chi connectivity index (χ2n) is 3.72. The van der Waals surface area contributed by atoms with Crippen LogP contribution in [0, 0.1) is 0 Å². The van der Waals surface area contributed by atoms with Crippen LogP contribution in [-0.4, -0.2) is 21.0 Å². The zero-order chi connectivity index (χ0) is 13.5. The monoisotopic (exact) mass is 252 g/mol. The van der Waals surface area contributed by atoms with Gasteiger partial charge in [-0.15, -0.1) is 0 Å². The normalized spacial score (nSPS) is 9.47. The van der Waals surface area contributed by atoms with Crippen molar-refractivity contribution in [1.29, 1.82) is 0 Å². The molecule has 0 atom stereocenters. The highest BCUT2D eigenvalue weighted by molar-refractivity contribution is 5.87. The smallest absolute Gasteiger partial charge is 0.335 e. The molecule has 0 radical (unpaired) electrons. The van der Waals surface area contributed by atoms with Crippen LogP contribution >= 0.6 is 0 Å². The fourth-order valence-electron chi connectivity index (χ4n) is 1.49. The SMILES string of the molecule is O=C(O)c1ccccc1.c1ccc2nccnc2c1. The number of fused-ring (bicyclic) bond motifs is 1. The molecule has 2 aromatic carbocycles. The maximum Gasteiger partial charge on any atom is 0.335 e. The molecule has 0 aliphatic heterocycles. The van der Waals surface area contributed by atoms with Crippen LogP contribution in [-0.2, 0) is 0 Å². The molecule has 1 N–H and O–H groups in total. The van der Waals surface area contributed by atoms with Gasteiger partial charge >= 0.3 is 5.97 Å². The van der Waals surface area contributed by atoms with Crippen LogP contribution in [0.25, 0.3) is 11.0 Å². The Bertz CT molecular complexity index is 604. The van der Waals surface area contributed by atoms with E-state index in [0.717, 1.165) is 11.0 Å². The number of carboxylic acids is 1. The number of aromatic carboxylic acids is 1. The van der Waals surface area contributed by atoms with Crippen LogP contribution in [0.3, 0.4) is 0 Å². The summed E-state index contributed by atoms with van der Waals surface area (Å²) in [4.78, 5) is 18.4. The van der Waals surface area contributed by atoms with Crippen molar-refractivity contribution in [2.45, 2.75) is 0 Å². The Labute approximate surface area is 110 Å². The molecular formula is C15H12N2O2. The molecule has 0 spiro atoms. The van der Waals surface area contributed by atoms with Crippen LogP contribution < -0.4 is 0 Å². The largest absolute Gasteiger partial charge is 0.478 e. The summed E-state index contributed by atoms with van der Waals surface area (Å²) in [5.41, 5.74) is 2.23. The van der Waals surface area contributed by atoms with Gasteiger partial charge in [0.25, 0.3) is 0 Å². The summed E-state index contributed by atoms with van der Waals surface area (Å²) in [6, 6.07) is 16.1. The molecule has 3 aromatic rings. The van der Waals surface area contributed by atoms with Crippen molar-refractivity contribution in [2.75, 3.05) is 0 Å². The van der Waals surface area contributed by atoms with Crippen molar-refractivity contribution in [3.8, 4) is 0 Å². The number of hydrogen-bond donors (Lipinski definition) is 1. The molecule has 0 bridgehead atoms. The predicted molar refractivity (Wildman–Crippen MR) is 72.9 cm³/mol. The average Bonchev–Trinajstić information content (AvgIpc) is 2.49. The summed E-state index contributed by atoms with van der Waals surface area (Å²) in [5, 5.41) is 8.38. The summed E-state index contributed by atoms with van der Waals surface area (Å²) < 4.78 is 0. The predicted octanol–water partition coefficient (Wildman–Crippen LogP) is 3.01. The summed E-state index contributed by atoms with van der Waals surface area (Å²) in [5.74, 6) is -0.879. The van der Waals surface area contributed by atoms with E-state index in [1.807, 2.05) is 24.3 Å². The third-order valence-electron chi connectivity index (χ3n) is 2.40. The van der Waals surface area contributed by atoms with Gasteiger partial charge in [0.05, 0.1) is 16.6 Å². The van der Waals surface area contributed by atoms with Gasteiger partial charge in [-0.1, -0.05) is 30.3 Å². The zero-order valence-electron chi connectivity index (χ0n) is 10.1. The Kier molecular flexibility index (Phi) is 4.18. The van der Waals surface area contributed by atoms with E-state index in [4.69, 9.17) is 5.11 Å². The number of carboxylic acid groups (broad SMARTS) is 1. The Hall–Kier alpha value is -2.75. The van der Waals surface area contributed by atoms with Crippen molar-refractivity contribution in [1.82, 2.24) is 9.97 Å². The second-order valence-corrected chi connectivity index (χ2v) is 3.72. The number of rotatable bonds is 1. The molecule has 0 saturated heterocycles. The minimum absolute atomic E-state index is 0.331. The molecule has 4 heteroatoms.